The third kappa shape index (κ3) is 3.57. The summed E-state index contributed by atoms with van der Waals surface area (Å²) < 4.78 is 5.14. The van der Waals surface area contributed by atoms with Crippen molar-refractivity contribution in [2.24, 2.45) is 0 Å². The van der Waals surface area contributed by atoms with E-state index in [0.29, 0.717) is 23.4 Å². The minimum absolute atomic E-state index is 0.184. The number of rotatable bonds is 5. The molecule has 112 valence electrons. The molecule has 1 aliphatic rings. The maximum Gasteiger partial charge on any atom is 0.162 e. The van der Waals surface area contributed by atoms with Crippen LogP contribution in [0.4, 0.5) is 0 Å². The first-order valence-corrected chi connectivity index (χ1v) is 7.33. The predicted octanol–water partition coefficient (Wildman–Crippen LogP) is 2.58. The van der Waals surface area contributed by atoms with Crippen LogP contribution in [-0.4, -0.2) is 55.2 Å². The lowest BCUT2D eigenvalue weighted by Gasteiger charge is -2.26. The molecule has 20 heavy (non-hydrogen) atoms. The summed E-state index contributed by atoms with van der Waals surface area (Å²) in [4.78, 5) is 4.62. The smallest absolute Gasteiger partial charge is 0.162 e. The van der Waals surface area contributed by atoms with Gasteiger partial charge >= 0.3 is 0 Å². The van der Waals surface area contributed by atoms with Crippen LogP contribution in [0.2, 0.25) is 5.02 Å². The molecule has 0 spiro atoms. The molecule has 0 aromatic heterocycles. The van der Waals surface area contributed by atoms with E-state index < -0.39 is 0 Å². The SMILES string of the molecule is COc1cc(Cl)cc(CN(C)CC2CCCN2C)c1O. The summed E-state index contributed by atoms with van der Waals surface area (Å²) in [5, 5.41) is 10.7. The Hall–Kier alpha value is -0.970. The highest BCUT2D eigenvalue weighted by Gasteiger charge is 2.22. The van der Waals surface area contributed by atoms with Gasteiger partial charge in [0.2, 0.25) is 0 Å². The van der Waals surface area contributed by atoms with E-state index in [9.17, 15) is 5.11 Å². The van der Waals surface area contributed by atoms with Gasteiger partial charge in [0, 0.05) is 35.8 Å². The lowest BCUT2D eigenvalue weighted by molar-refractivity contribution is 0.214. The normalized spacial score (nSPS) is 19.8. The van der Waals surface area contributed by atoms with Crippen LogP contribution in [-0.2, 0) is 6.54 Å². The molecular weight excluding hydrogens is 276 g/mol. The zero-order valence-corrected chi connectivity index (χ0v) is 13.2. The number of nitrogens with zero attached hydrogens (tertiary/aromatic N) is 2. The average molecular weight is 299 g/mol. The number of hydrogen-bond donors (Lipinski definition) is 1. The van der Waals surface area contributed by atoms with Gasteiger partial charge in [-0.05, 0) is 39.5 Å². The van der Waals surface area contributed by atoms with Gasteiger partial charge in [0.15, 0.2) is 11.5 Å². The third-order valence-corrected chi connectivity index (χ3v) is 4.19. The highest BCUT2D eigenvalue weighted by molar-refractivity contribution is 6.30. The standard InChI is InChI=1S/C15H23ClN2O2/c1-17(10-13-5-4-6-18(13)2)9-11-7-12(16)8-14(20-3)15(11)19/h7-8,13,19H,4-6,9-10H2,1-3H3. The summed E-state index contributed by atoms with van der Waals surface area (Å²) >= 11 is 6.06. The summed E-state index contributed by atoms with van der Waals surface area (Å²) in [6.07, 6.45) is 2.51. The fourth-order valence-electron chi connectivity index (χ4n) is 2.83. The molecule has 5 heteroatoms. The monoisotopic (exact) mass is 298 g/mol. The molecule has 1 saturated heterocycles. The van der Waals surface area contributed by atoms with E-state index >= 15 is 0 Å². The van der Waals surface area contributed by atoms with E-state index in [1.165, 1.54) is 26.5 Å². The van der Waals surface area contributed by atoms with E-state index in [-0.39, 0.29) is 5.75 Å². The second-order valence-corrected chi connectivity index (χ2v) is 6.03. The first-order valence-electron chi connectivity index (χ1n) is 6.95. The van der Waals surface area contributed by atoms with Gasteiger partial charge in [0.25, 0.3) is 0 Å². The molecule has 1 aromatic rings. The average Bonchev–Trinajstić information content (AvgIpc) is 2.79. The van der Waals surface area contributed by atoms with Crippen LogP contribution < -0.4 is 4.74 Å². The molecule has 1 heterocycles. The van der Waals surface area contributed by atoms with E-state index in [1.807, 2.05) is 0 Å². The van der Waals surface area contributed by atoms with E-state index in [2.05, 4.69) is 23.9 Å². The van der Waals surface area contributed by atoms with Crippen molar-refractivity contribution in [2.75, 3.05) is 34.3 Å². The number of halogens is 1. The van der Waals surface area contributed by atoms with Gasteiger partial charge in [-0.25, -0.2) is 0 Å². The fraction of sp³-hybridized carbons (Fsp3) is 0.600. The number of benzene rings is 1. The topological polar surface area (TPSA) is 35.9 Å². The molecule has 1 N–H and O–H groups in total. The van der Waals surface area contributed by atoms with Gasteiger partial charge in [-0.1, -0.05) is 11.6 Å². The Labute approximate surface area is 125 Å². The van der Waals surface area contributed by atoms with Crippen LogP contribution in [0.25, 0.3) is 0 Å². The van der Waals surface area contributed by atoms with Gasteiger partial charge in [-0.2, -0.15) is 0 Å². The van der Waals surface area contributed by atoms with E-state index in [1.54, 1.807) is 12.1 Å². The highest BCUT2D eigenvalue weighted by Crippen LogP contribution is 2.34. The van der Waals surface area contributed by atoms with Crippen LogP contribution in [0.5, 0.6) is 11.5 Å². The third-order valence-electron chi connectivity index (χ3n) is 3.97. The number of phenols is 1. The number of phenolic OH excluding ortho intramolecular Hbond substituents is 1. The summed E-state index contributed by atoms with van der Waals surface area (Å²) in [5.74, 6) is 0.613. The van der Waals surface area contributed by atoms with Crippen LogP contribution in [0, 0.1) is 0 Å². The molecule has 1 atom stereocenters. The van der Waals surface area contributed by atoms with Crippen molar-refractivity contribution in [1.29, 1.82) is 0 Å². The quantitative estimate of drug-likeness (QED) is 0.906. The molecule has 0 amide bonds. The summed E-state index contributed by atoms with van der Waals surface area (Å²) in [5.41, 5.74) is 0.803. The maximum absolute atomic E-state index is 10.2. The molecule has 0 saturated carbocycles. The Morgan fingerprint density at radius 1 is 1.50 bits per heavy atom. The lowest BCUT2D eigenvalue weighted by atomic mass is 10.1. The largest absolute Gasteiger partial charge is 0.504 e. The minimum Gasteiger partial charge on any atom is -0.504 e. The van der Waals surface area contributed by atoms with Crippen molar-refractivity contribution in [2.45, 2.75) is 25.4 Å². The van der Waals surface area contributed by atoms with Crippen molar-refractivity contribution in [3.8, 4) is 11.5 Å². The van der Waals surface area contributed by atoms with Crippen LogP contribution in [0.15, 0.2) is 12.1 Å². The molecule has 1 aliphatic heterocycles. The number of ether oxygens (including phenoxy) is 1. The van der Waals surface area contributed by atoms with Gasteiger partial charge in [0.1, 0.15) is 0 Å². The first kappa shape index (κ1) is 15.4. The Morgan fingerprint density at radius 3 is 2.85 bits per heavy atom. The van der Waals surface area contributed by atoms with E-state index in [4.69, 9.17) is 16.3 Å². The zero-order chi connectivity index (χ0) is 14.7. The van der Waals surface area contributed by atoms with E-state index in [0.717, 1.165) is 12.1 Å². The Bertz CT molecular complexity index is 467. The predicted molar refractivity (Wildman–Crippen MR) is 81.7 cm³/mol. The first-order chi connectivity index (χ1) is 9.51. The van der Waals surface area contributed by atoms with Crippen molar-refractivity contribution >= 4 is 11.6 Å². The van der Waals surface area contributed by atoms with Crippen molar-refractivity contribution in [3.05, 3.63) is 22.7 Å². The molecule has 0 radical (unpaired) electrons. The van der Waals surface area contributed by atoms with Crippen LogP contribution in [0.3, 0.4) is 0 Å². The number of methoxy groups -OCH3 is 1. The maximum atomic E-state index is 10.2. The number of likely N-dealkylation sites (N-methyl/N-ethyl adjacent to an activating group) is 2. The lowest BCUT2D eigenvalue weighted by Crippen LogP contribution is -2.36. The molecule has 1 aromatic carbocycles. The second kappa shape index (κ2) is 6.66. The number of aromatic hydroxyl groups is 1. The molecule has 0 bridgehead atoms. The number of hydrogen-bond acceptors (Lipinski definition) is 4. The fourth-order valence-corrected chi connectivity index (χ4v) is 3.06. The van der Waals surface area contributed by atoms with Crippen molar-refractivity contribution < 1.29 is 9.84 Å². The van der Waals surface area contributed by atoms with Gasteiger partial charge < -0.3 is 19.6 Å². The molecule has 1 unspecified atom stereocenters. The highest BCUT2D eigenvalue weighted by atomic mass is 35.5. The van der Waals surface area contributed by atoms with Crippen molar-refractivity contribution in [3.63, 3.8) is 0 Å². The Kier molecular flexibility index (Phi) is 5.13. The van der Waals surface area contributed by atoms with Crippen LogP contribution >= 0.6 is 11.6 Å². The summed E-state index contributed by atoms with van der Waals surface area (Å²) in [6.45, 7) is 2.83. The van der Waals surface area contributed by atoms with Gasteiger partial charge in [-0.15, -0.1) is 0 Å². The molecule has 4 nitrogen and oxygen atoms in total. The van der Waals surface area contributed by atoms with Crippen LogP contribution in [0.1, 0.15) is 18.4 Å². The molecular formula is C15H23ClN2O2. The molecule has 1 fully saturated rings. The number of likely N-dealkylation sites (tertiary alicyclic amines) is 1. The summed E-state index contributed by atoms with van der Waals surface area (Å²) in [6, 6.07) is 4.03. The minimum atomic E-state index is 0.184. The summed E-state index contributed by atoms with van der Waals surface area (Å²) in [7, 11) is 5.77. The molecule has 0 aliphatic carbocycles. The zero-order valence-electron chi connectivity index (χ0n) is 12.4. The van der Waals surface area contributed by atoms with Gasteiger partial charge in [0.05, 0.1) is 7.11 Å². The van der Waals surface area contributed by atoms with Crippen molar-refractivity contribution in [1.82, 2.24) is 9.80 Å². The Balaban J connectivity index is 2.03. The molecule has 2 rings (SSSR count). The van der Waals surface area contributed by atoms with Gasteiger partial charge in [-0.3, -0.25) is 0 Å². The Morgan fingerprint density at radius 2 is 2.25 bits per heavy atom. The second-order valence-electron chi connectivity index (χ2n) is 5.59.